The number of carbonyl (C=O) groups is 3. The highest BCUT2D eigenvalue weighted by Crippen LogP contribution is 2.45. The molecule has 0 bridgehead atoms. The van der Waals surface area contributed by atoms with E-state index in [0.29, 0.717) is 19.3 Å². The predicted molar refractivity (Wildman–Crippen MR) is 399 cm³/mol. The van der Waals surface area contributed by atoms with Gasteiger partial charge in [-0.05, 0) is 128 Å². The van der Waals surface area contributed by atoms with Crippen LogP contribution in [0.4, 0.5) is 0 Å². The maximum atomic E-state index is 12.9. The largest absolute Gasteiger partial charge is 0.472 e. The first-order valence-electron chi connectivity index (χ1n) is 38.5. The van der Waals surface area contributed by atoms with E-state index in [2.05, 4.69) is 118 Å². The molecule has 18 heteroatoms. The third-order valence-electron chi connectivity index (χ3n) is 16.3. The van der Waals surface area contributed by atoms with Crippen LogP contribution in [0.25, 0.3) is 0 Å². The quantitative estimate of drug-likeness (QED) is 0.0146. The van der Waals surface area contributed by atoms with Gasteiger partial charge in [-0.1, -0.05) is 279 Å². The second-order valence-electron chi connectivity index (χ2n) is 25.8. The molecule has 0 aromatic heterocycles. The Morgan fingerprint density at radius 2 is 0.515 bits per heavy atom. The molecule has 0 radical (unpaired) electrons. The number of phosphoric acid groups is 2. The Balaban J connectivity index is 4.44. The number of aliphatic hydroxyl groups is 2. The lowest BCUT2D eigenvalue weighted by Gasteiger charge is -2.21. The van der Waals surface area contributed by atoms with Gasteiger partial charge in [-0.3, -0.25) is 32.5 Å². The van der Waals surface area contributed by atoms with Crippen molar-refractivity contribution < 1.29 is 75.8 Å². The normalized spacial score (nSPS) is 14.6. The number of hydrogen-bond acceptors (Lipinski definition) is 14. The van der Waals surface area contributed by atoms with E-state index >= 15 is 0 Å². The highest BCUT2D eigenvalue weighted by molar-refractivity contribution is 7.47. The molecular formula is C79H140O16P2. The molecule has 0 saturated heterocycles. The first-order chi connectivity index (χ1) is 47.2. The van der Waals surface area contributed by atoms with Gasteiger partial charge in [0.2, 0.25) is 0 Å². The Labute approximate surface area is 590 Å². The summed E-state index contributed by atoms with van der Waals surface area (Å²) in [4.78, 5) is 58.5. The molecule has 0 aliphatic heterocycles. The third-order valence-corrected chi connectivity index (χ3v) is 18.2. The second-order valence-corrected chi connectivity index (χ2v) is 28.7. The predicted octanol–water partition coefficient (Wildman–Crippen LogP) is 22.2. The molecule has 97 heavy (non-hydrogen) atoms. The van der Waals surface area contributed by atoms with Gasteiger partial charge in [-0.2, -0.15) is 0 Å². The molecule has 5 unspecified atom stereocenters. The molecule has 0 saturated carbocycles. The van der Waals surface area contributed by atoms with Gasteiger partial charge in [0.1, 0.15) is 25.4 Å². The van der Waals surface area contributed by atoms with Crippen LogP contribution < -0.4 is 0 Å². The van der Waals surface area contributed by atoms with Gasteiger partial charge in [-0.15, -0.1) is 0 Å². The summed E-state index contributed by atoms with van der Waals surface area (Å²) in [5.74, 6) is -1.60. The van der Waals surface area contributed by atoms with Crippen LogP contribution in [0.15, 0.2) is 97.2 Å². The summed E-state index contributed by atoms with van der Waals surface area (Å²) in [7, 11) is -9.79. The van der Waals surface area contributed by atoms with Crippen LogP contribution in [-0.4, -0.2) is 95.9 Å². The van der Waals surface area contributed by atoms with Crippen molar-refractivity contribution in [3.63, 3.8) is 0 Å². The lowest BCUT2D eigenvalue weighted by molar-refractivity contribution is -0.161. The second kappa shape index (κ2) is 72.3. The number of aliphatic hydroxyl groups excluding tert-OH is 2. The molecule has 0 rings (SSSR count). The summed E-state index contributed by atoms with van der Waals surface area (Å²) in [5.41, 5.74) is 0. The molecule has 0 spiro atoms. The van der Waals surface area contributed by atoms with Crippen molar-refractivity contribution in [3.8, 4) is 0 Å². The molecule has 562 valence electrons. The molecule has 0 aromatic carbocycles. The van der Waals surface area contributed by atoms with E-state index in [1.54, 1.807) is 0 Å². The Bertz CT molecular complexity index is 2150. The van der Waals surface area contributed by atoms with Gasteiger partial charge in [0.25, 0.3) is 0 Å². The average Bonchev–Trinajstić information content (AvgIpc) is 1.84. The number of hydrogen-bond donors (Lipinski definition) is 4. The lowest BCUT2D eigenvalue weighted by atomic mass is 10.0. The molecule has 0 amide bonds. The zero-order valence-electron chi connectivity index (χ0n) is 61.2. The number of ether oxygens (including phenoxy) is 3. The highest BCUT2D eigenvalue weighted by Gasteiger charge is 2.29. The van der Waals surface area contributed by atoms with Crippen LogP contribution in [0.2, 0.25) is 0 Å². The summed E-state index contributed by atoms with van der Waals surface area (Å²) in [6.07, 6.45) is 81.8. The Morgan fingerprint density at radius 3 is 0.814 bits per heavy atom. The minimum atomic E-state index is -4.93. The van der Waals surface area contributed by atoms with Crippen LogP contribution in [-0.2, 0) is 55.8 Å². The zero-order valence-corrected chi connectivity index (χ0v) is 63.0. The van der Waals surface area contributed by atoms with Gasteiger partial charge in [0.05, 0.1) is 26.4 Å². The number of carbonyl (C=O) groups excluding carboxylic acids is 3. The van der Waals surface area contributed by atoms with Gasteiger partial charge < -0.3 is 34.2 Å². The Hall–Kier alpha value is -3.53. The summed E-state index contributed by atoms with van der Waals surface area (Å²) < 4.78 is 61.0. The van der Waals surface area contributed by atoms with E-state index in [-0.39, 0.29) is 19.3 Å². The molecule has 0 heterocycles. The fraction of sp³-hybridized carbons (Fsp3) is 0.759. The third kappa shape index (κ3) is 73.5. The van der Waals surface area contributed by atoms with Crippen LogP contribution in [0.3, 0.4) is 0 Å². The van der Waals surface area contributed by atoms with Crippen LogP contribution >= 0.6 is 15.6 Å². The van der Waals surface area contributed by atoms with Gasteiger partial charge in [-0.25, -0.2) is 9.13 Å². The molecule has 0 fully saturated rings. The average molecular weight is 1410 g/mol. The van der Waals surface area contributed by atoms with Crippen LogP contribution in [0.1, 0.15) is 329 Å². The van der Waals surface area contributed by atoms with E-state index < -0.39 is 91.5 Å². The molecule has 0 aromatic rings. The number of phosphoric ester groups is 2. The van der Waals surface area contributed by atoms with Gasteiger partial charge >= 0.3 is 33.6 Å². The number of allylic oxidation sites excluding steroid dienone is 16. The minimum absolute atomic E-state index is 0.0860. The maximum absolute atomic E-state index is 12.9. The Morgan fingerprint density at radius 1 is 0.289 bits per heavy atom. The SMILES string of the molecule is CCCCC/C=C\C/C=C\C/C=C\C/C=C\CCCCCCCCCCCCCCCCCC(=O)OCC(O)COP(=O)(O)OCC(O)COP(=O)(O)OCC(COC(=O)CCCCCCC/C=C\C/C=C\CCCCC)OC(=O)CCCCCCC/C=C\C/C=C\CCCCC. The summed E-state index contributed by atoms with van der Waals surface area (Å²) in [6.45, 7) is 2.58. The Kier molecular flexibility index (Phi) is 69.6. The monoisotopic (exact) mass is 1410 g/mol. The molecule has 0 aliphatic carbocycles. The number of esters is 3. The van der Waals surface area contributed by atoms with Crippen molar-refractivity contribution >= 4 is 33.6 Å². The fourth-order valence-electron chi connectivity index (χ4n) is 10.3. The summed E-state index contributed by atoms with van der Waals surface area (Å²) >= 11 is 0. The summed E-state index contributed by atoms with van der Waals surface area (Å²) in [6, 6.07) is 0. The van der Waals surface area contributed by atoms with Crippen molar-refractivity contribution in [2.24, 2.45) is 0 Å². The van der Waals surface area contributed by atoms with Gasteiger partial charge in [0, 0.05) is 19.3 Å². The topological polar surface area (TPSA) is 231 Å². The number of rotatable bonds is 73. The summed E-state index contributed by atoms with van der Waals surface area (Å²) in [5, 5.41) is 20.6. The fourth-order valence-corrected chi connectivity index (χ4v) is 11.9. The lowest BCUT2D eigenvalue weighted by Crippen LogP contribution is -2.30. The van der Waals surface area contributed by atoms with E-state index in [1.807, 2.05) is 0 Å². The number of unbranched alkanes of at least 4 members (excludes halogenated alkanes) is 34. The molecular weight excluding hydrogens is 1270 g/mol. The van der Waals surface area contributed by atoms with Gasteiger partial charge in [0.15, 0.2) is 6.10 Å². The standard InChI is InChI=1S/C79H140O16P2/c1-4-7-10-13-16-19-22-25-28-29-30-31-32-33-34-35-36-37-38-39-40-41-42-43-46-48-50-53-56-59-62-65-77(82)89-68-74(80)69-91-96(85,86)92-70-75(81)71-93-97(87,88)94-73-76(95-79(84)67-64-61-58-55-52-49-45-27-24-21-18-15-12-9-6-3)72-90-78(83)66-63-60-57-54-51-47-44-26-23-20-17-14-11-8-5-2/h16-21,25-28,30-31,33-34,44-45,74-76,80-81H,4-15,22-24,29,32,35-43,46-73H2,1-3H3,(H,85,86)(H,87,88)/b19-16-,20-17-,21-18-,28-25-,31-30-,34-33-,44-26-,45-27-. The highest BCUT2D eigenvalue weighted by atomic mass is 31.2. The molecule has 16 nitrogen and oxygen atoms in total. The van der Waals surface area contributed by atoms with E-state index in [4.69, 9.17) is 32.3 Å². The smallest absolute Gasteiger partial charge is 0.463 e. The van der Waals surface area contributed by atoms with Crippen LogP contribution in [0.5, 0.6) is 0 Å². The molecule has 4 N–H and O–H groups in total. The first kappa shape index (κ1) is 93.5. The van der Waals surface area contributed by atoms with Crippen LogP contribution in [0, 0.1) is 0 Å². The first-order valence-corrected chi connectivity index (χ1v) is 41.5. The van der Waals surface area contributed by atoms with Crippen molar-refractivity contribution in [2.75, 3.05) is 39.6 Å². The van der Waals surface area contributed by atoms with E-state index in [0.717, 1.165) is 128 Å². The molecule has 5 atom stereocenters. The zero-order chi connectivity index (χ0) is 70.9. The molecule has 0 aliphatic rings. The van der Waals surface area contributed by atoms with Crippen molar-refractivity contribution in [2.45, 2.75) is 347 Å². The van der Waals surface area contributed by atoms with Crippen molar-refractivity contribution in [1.82, 2.24) is 0 Å². The van der Waals surface area contributed by atoms with E-state index in [1.165, 1.54) is 141 Å². The van der Waals surface area contributed by atoms with Crippen molar-refractivity contribution in [1.29, 1.82) is 0 Å². The van der Waals surface area contributed by atoms with E-state index in [9.17, 15) is 43.5 Å². The van der Waals surface area contributed by atoms with Crippen molar-refractivity contribution in [3.05, 3.63) is 97.2 Å². The minimum Gasteiger partial charge on any atom is -0.463 e. The maximum Gasteiger partial charge on any atom is 0.472 e.